The van der Waals surface area contributed by atoms with E-state index in [0.29, 0.717) is 32.7 Å². The molecule has 0 saturated carbocycles. The average Bonchev–Trinajstić information content (AvgIpc) is 2.84. The molecule has 0 spiro atoms. The lowest BCUT2D eigenvalue weighted by atomic mass is 9.97. The Kier molecular flexibility index (Phi) is 6.67. The maximum atomic E-state index is 12.3. The van der Waals surface area contributed by atoms with Crippen molar-refractivity contribution < 1.29 is 14.3 Å². The van der Waals surface area contributed by atoms with E-state index in [1.165, 1.54) is 0 Å². The van der Waals surface area contributed by atoms with Crippen LogP contribution in [0, 0.1) is 5.41 Å². The zero-order chi connectivity index (χ0) is 18.3. The molecule has 0 unspecified atom stereocenters. The molecule has 6 nitrogen and oxygen atoms in total. The smallest absolute Gasteiger partial charge is 0.410 e. The van der Waals surface area contributed by atoms with E-state index in [9.17, 15) is 9.59 Å². The zero-order valence-corrected chi connectivity index (χ0v) is 15.5. The number of hydrogen-bond donors (Lipinski definition) is 1. The molecule has 1 saturated heterocycles. The molecule has 0 aliphatic carbocycles. The van der Waals surface area contributed by atoms with Crippen LogP contribution in [0.5, 0.6) is 0 Å². The van der Waals surface area contributed by atoms with E-state index in [0.717, 1.165) is 12.0 Å². The lowest BCUT2D eigenvalue weighted by molar-refractivity contribution is 0.0975. The van der Waals surface area contributed by atoms with Crippen LogP contribution >= 0.6 is 0 Å². The number of amides is 3. The van der Waals surface area contributed by atoms with Gasteiger partial charge in [0.1, 0.15) is 6.61 Å². The summed E-state index contributed by atoms with van der Waals surface area (Å²) in [5, 5.41) is 2.96. The van der Waals surface area contributed by atoms with Gasteiger partial charge in [-0.05, 0) is 17.4 Å². The number of urea groups is 1. The molecule has 6 heteroatoms. The number of carbonyl (C=O) groups is 2. The van der Waals surface area contributed by atoms with Crippen molar-refractivity contribution in [2.24, 2.45) is 5.41 Å². The Morgan fingerprint density at radius 2 is 1.68 bits per heavy atom. The first-order valence-electron chi connectivity index (χ1n) is 8.83. The van der Waals surface area contributed by atoms with Gasteiger partial charge in [-0.15, -0.1) is 0 Å². The molecular weight excluding hydrogens is 318 g/mol. The summed E-state index contributed by atoms with van der Waals surface area (Å²) in [4.78, 5) is 28.0. The minimum atomic E-state index is -0.319. The number of ether oxygens (including phenoxy) is 1. The number of rotatable bonds is 3. The Balaban J connectivity index is 1.78. The standard InChI is InChI=1S/C19H29N3O3/c1-19(2,3)15-20-17(23)21-10-7-11-22(13-12-21)18(24)25-14-16-8-5-4-6-9-16/h4-6,8-9H,7,10-15H2,1-3H3,(H,20,23). The van der Waals surface area contributed by atoms with Gasteiger partial charge in [-0.3, -0.25) is 0 Å². The summed E-state index contributed by atoms with van der Waals surface area (Å²) in [5.74, 6) is 0. The molecular formula is C19H29N3O3. The van der Waals surface area contributed by atoms with E-state index in [2.05, 4.69) is 26.1 Å². The Hall–Kier alpha value is -2.24. The fourth-order valence-corrected chi connectivity index (χ4v) is 2.57. The van der Waals surface area contributed by atoms with Crippen LogP contribution in [0.25, 0.3) is 0 Å². The number of carbonyl (C=O) groups excluding carboxylic acids is 2. The molecule has 1 aromatic carbocycles. The van der Waals surface area contributed by atoms with E-state index in [1.54, 1.807) is 9.80 Å². The van der Waals surface area contributed by atoms with Gasteiger partial charge >= 0.3 is 12.1 Å². The van der Waals surface area contributed by atoms with E-state index in [4.69, 9.17) is 4.74 Å². The Morgan fingerprint density at radius 1 is 1.04 bits per heavy atom. The number of nitrogens with one attached hydrogen (secondary N) is 1. The van der Waals surface area contributed by atoms with Crippen molar-refractivity contribution in [3.8, 4) is 0 Å². The maximum Gasteiger partial charge on any atom is 0.410 e. The van der Waals surface area contributed by atoms with Crippen LogP contribution in [0.3, 0.4) is 0 Å². The molecule has 2 rings (SSSR count). The van der Waals surface area contributed by atoms with Crippen molar-refractivity contribution in [3.05, 3.63) is 35.9 Å². The van der Waals surface area contributed by atoms with Crippen LogP contribution in [0.15, 0.2) is 30.3 Å². The molecule has 25 heavy (non-hydrogen) atoms. The molecule has 1 aliphatic heterocycles. The van der Waals surface area contributed by atoms with Gasteiger partial charge in [-0.25, -0.2) is 9.59 Å². The summed E-state index contributed by atoms with van der Waals surface area (Å²) in [6, 6.07) is 9.56. The Bertz CT molecular complexity index is 569. The van der Waals surface area contributed by atoms with Crippen LogP contribution in [0.4, 0.5) is 9.59 Å². The third-order valence-electron chi connectivity index (χ3n) is 4.02. The van der Waals surface area contributed by atoms with Crippen LogP contribution in [-0.2, 0) is 11.3 Å². The molecule has 1 N–H and O–H groups in total. The van der Waals surface area contributed by atoms with E-state index in [-0.39, 0.29) is 24.1 Å². The van der Waals surface area contributed by atoms with Crippen molar-refractivity contribution in [1.29, 1.82) is 0 Å². The van der Waals surface area contributed by atoms with Gasteiger partial charge in [0.25, 0.3) is 0 Å². The largest absolute Gasteiger partial charge is 0.445 e. The van der Waals surface area contributed by atoms with Crippen molar-refractivity contribution in [2.45, 2.75) is 33.8 Å². The minimum absolute atomic E-state index is 0.0504. The topological polar surface area (TPSA) is 61.9 Å². The lowest BCUT2D eigenvalue weighted by Crippen LogP contribution is -2.44. The van der Waals surface area contributed by atoms with E-state index < -0.39 is 0 Å². The van der Waals surface area contributed by atoms with E-state index in [1.807, 2.05) is 30.3 Å². The SMILES string of the molecule is CC(C)(C)CNC(=O)N1CCCN(C(=O)OCc2ccccc2)CC1. The predicted molar refractivity (Wildman–Crippen MR) is 97.2 cm³/mol. The maximum absolute atomic E-state index is 12.3. The van der Waals surface area contributed by atoms with Gasteiger partial charge in [0.05, 0.1) is 0 Å². The molecule has 0 bridgehead atoms. The van der Waals surface area contributed by atoms with Crippen LogP contribution in [0.1, 0.15) is 32.8 Å². The van der Waals surface area contributed by atoms with Gasteiger partial charge in [0, 0.05) is 32.7 Å². The predicted octanol–water partition coefficient (Wildman–Crippen LogP) is 3.09. The normalized spacial score (nSPS) is 15.5. The first kappa shape index (κ1) is 19.1. The first-order chi connectivity index (χ1) is 11.8. The first-order valence-corrected chi connectivity index (χ1v) is 8.83. The second-order valence-electron chi connectivity index (χ2n) is 7.59. The highest BCUT2D eigenvalue weighted by Crippen LogP contribution is 2.11. The van der Waals surface area contributed by atoms with Gasteiger partial charge in [0.15, 0.2) is 0 Å². The molecule has 3 amide bonds. The highest BCUT2D eigenvalue weighted by atomic mass is 16.6. The minimum Gasteiger partial charge on any atom is -0.445 e. The molecule has 1 fully saturated rings. The third-order valence-corrected chi connectivity index (χ3v) is 4.02. The summed E-state index contributed by atoms with van der Waals surface area (Å²) in [6.45, 7) is 9.43. The third kappa shape index (κ3) is 6.64. The van der Waals surface area contributed by atoms with Crippen LogP contribution in [0.2, 0.25) is 0 Å². The summed E-state index contributed by atoms with van der Waals surface area (Å²) < 4.78 is 5.38. The van der Waals surface area contributed by atoms with Crippen LogP contribution < -0.4 is 5.32 Å². The molecule has 1 aromatic rings. The summed E-state index contributed by atoms with van der Waals surface area (Å²) >= 11 is 0. The zero-order valence-electron chi connectivity index (χ0n) is 15.5. The molecule has 0 radical (unpaired) electrons. The Morgan fingerprint density at radius 3 is 2.36 bits per heavy atom. The second-order valence-corrected chi connectivity index (χ2v) is 7.59. The highest BCUT2D eigenvalue weighted by molar-refractivity contribution is 5.74. The quantitative estimate of drug-likeness (QED) is 0.914. The van der Waals surface area contributed by atoms with E-state index >= 15 is 0 Å². The van der Waals surface area contributed by atoms with Gasteiger partial charge < -0.3 is 19.9 Å². The fourth-order valence-electron chi connectivity index (χ4n) is 2.57. The van der Waals surface area contributed by atoms with Gasteiger partial charge in [0.2, 0.25) is 0 Å². The average molecular weight is 347 g/mol. The molecule has 0 aromatic heterocycles. The Labute approximate surface area is 150 Å². The summed E-state index contributed by atoms with van der Waals surface area (Å²) in [7, 11) is 0. The monoisotopic (exact) mass is 347 g/mol. The number of benzene rings is 1. The van der Waals surface area contributed by atoms with Crippen molar-refractivity contribution >= 4 is 12.1 Å². The second kappa shape index (κ2) is 8.74. The molecule has 1 heterocycles. The fraction of sp³-hybridized carbons (Fsp3) is 0.579. The summed E-state index contributed by atoms with van der Waals surface area (Å²) in [6.07, 6.45) is 0.435. The molecule has 138 valence electrons. The highest BCUT2D eigenvalue weighted by Gasteiger charge is 2.23. The van der Waals surface area contributed by atoms with Crippen LogP contribution in [-0.4, -0.2) is 54.6 Å². The lowest BCUT2D eigenvalue weighted by Gasteiger charge is -2.25. The number of hydrogen-bond acceptors (Lipinski definition) is 3. The van der Waals surface area contributed by atoms with Crippen molar-refractivity contribution in [2.75, 3.05) is 32.7 Å². The van der Waals surface area contributed by atoms with Crippen molar-refractivity contribution in [3.63, 3.8) is 0 Å². The van der Waals surface area contributed by atoms with Gasteiger partial charge in [-0.2, -0.15) is 0 Å². The number of nitrogens with zero attached hydrogens (tertiary/aromatic N) is 2. The molecule has 0 atom stereocenters. The van der Waals surface area contributed by atoms with Crippen molar-refractivity contribution in [1.82, 2.24) is 15.1 Å². The van der Waals surface area contributed by atoms with Gasteiger partial charge in [-0.1, -0.05) is 51.1 Å². The summed E-state index contributed by atoms with van der Waals surface area (Å²) in [5.41, 5.74) is 1.02. The molecule has 1 aliphatic rings.